The third kappa shape index (κ3) is 13.0. The molecule has 14 aromatic carbocycles. The zero-order valence-corrected chi connectivity index (χ0v) is 61.3. The summed E-state index contributed by atoms with van der Waals surface area (Å²) in [4.78, 5) is 61.9. The Hall–Kier alpha value is -16.0. The molecule has 116 heavy (non-hydrogen) atoms. The van der Waals surface area contributed by atoms with E-state index in [4.69, 9.17) is 59.8 Å². The summed E-state index contributed by atoms with van der Waals surface area (Å²) in [5, 5.41) is 14.7. The monoisotopic (exact) mass is 1500 g/mol. The van der Waals surface area contributed by atoms with Crippen LogP contribution in [0.3, 0.4) is 0 Å². The maximum atomic E-state index is 15.2. The highest BCUT2D eigenvalue weighted by Gasteiger charge is 2.32. The van der Waals surface area contributed by atoms with E-state index in [0.29, 0.717) is 126 Å². The Morgan fingerprint density at radius 2 is 0.431 bits per heavy atom. The van der Waals surface area contributed by atoms with Crippen molar-refractivity contribution in [2.45, 2.75) is 6.18 Å². The molecule has 0 fully saturated rings. The minimum Gasteiger partial charge on any atom is -0.307 e. The number of hydrogen-bond acceptors (Lipinski definition) is 13. The summed E-state index contributed by atoms with van der Waals surface area (Å²) in [6, 6.07) is 114. The molecule has 0 aliphatic heterocycles. The Morgan fingerprint density at radius 1 is 0.216 bits per heavy atom. The van der Waals surface area contributed by atoms with Gasteiger partial charge in [0, 0.05) is 93.9 Å². The fourth-order valence-corrected chi connectivity index (χ4v) is 15.0. The molecule has 0 radical (unpaired) electrons. The molecule has 0 N–H and O–H groups in total. The van der Waals surface area contributed by atoms with Gasteiger partial charge in [0.25, 0.3) is 0 Å². The standard InChI is InChI=1S/C98H58F3N15/c99-98(100,101)74-43-25-42-68(52-74)75-58-85(116-82-50-46-71(96-111-90(64-34-17-5-18-35-64)105-91(112-96)65-36-19-6-20-37-65)55-78(82)79-56-72(47-51-83(79)116)97-113-92(66-38-21-7-22-39-66)106-93(114-97)67-40-23-8-24-41-67)84(57-73(75)59-102)115-80-48-44-69(94-107-86(60-26-9-1-10-27-60)103-87(108-94)61-28-11-2-12-29-61)53-76(80)77-54-70(45-49-81(77)115)95-109-88(62-30-13-3-14-31-62)104-89(110-95)63-32-15-4-16-33-63/h1-58H. The van der Waals surface area contributed by atoms with Gasteiger partial charge in [-0.2, -0.15) is 18.4 Å². The fourth-order valence-electron chi connectivity index (χ4n) is 15.0. The van der Waals surface area contributed by atoms with Crippen molar-refractivity contribution in [3.05, 3.63) is 363 Å². The van der Waals surface area contributed by atoms with E-state index in [1.54, 1.807) is 12.1 Å². The summed E-state index contributed by atoms with van der Waals surface area (Å²) >= 11 is 0. The van der Waals surface area contributed by atoms with Gasteiger partial charge in [-0.1, -0.05) is 255 Å². The first-order valence-electron chi connectivity index (χ1n) is 37.5. The third-order valence-corrected chi connectivity index (χ3v) is 20.6. The summed E-state index contributed by atoms with van der Waals surface area (Å²) in [5.74, 6) is 5.39. The average Bonchev–Trinajstić information content (AvgIpc) is 1.55. The van der Waals surface area contributed by atoms with Crippen molar-refractivity contribution in [3.8, 4) is 165 Å². The second-order valence-corrected chi connectivity index (χ2v) is 27.8. The molecule has 0 atom stereocenters. The van der Waals surface area contributed by atoms with Crippen LogP contribution in [0.1, 0.15) is 11.1 Å². The SMILES string of the molecule is N#Cc1cc(-n2c3ccc(-c4nc(-c5ccccc5)nc(-c5ccccc5)n4)cc3c3cc(-c4nc(-c5ccccc5)nc(-c5ccccc5)n4)ccc32)c(-n2c3ccc(-c4nc(-c5ccccc5)nc(-c5ccccc5)n4)cc3c3cc(-c4nc(-c5ccccc5)nc(-c5ccccc5)n4)ccc32)cc1-c1cccc(C(F)(F)F)c1. The van der Waals surface area contributed by atoms with Crippen LogP contribution in [0.15, 0.2) is 352 Å². The fraction of sp³-hybridized carbons (Fsp3) is 0.0102. The van der Waals surface area contributed by atoms with Gasteiger partial charge in [-0.25, -0.2) is 59.8 Å². The van der Waals surface area contributed by atoms with Crippen molar-refractivity contribution in [1.82, 2.24) is 68.9 Å². The van der Waals surface area contributed by atoms with Crippen LogP contribution >= 0.6 is 0 Å². The van der Waals surface area contributed by atoms with Crippen LogP contribution in [0.5, 0.6) is 0 Å². The Balaban J connectivity index is 0.880. The first-order valence-corrected chi connectivity index (χ1v) is 37.5. The van der Waals surface area contributed by atoms with E-state index in [-0.39, 0.29) is 16.7 Å². The second kappa shape index (κ2) is 29.0. The van der Waals surface area contributed by atoms with Gasteiger partial charge in [-0.3, -0.25) is 0 Å². The molecule has 6 heterocycles. The molecule has 0 saturated heterocycles. The molecule has 546 valence electrons. The quantitative estimate of drug-likeness (QED) is 0.0944. The summed E-state index contributed by atoms with van der Waals surface area (Å²) in [6.45, 7) is 0. The van der Waals surface area contributed by atoms with Crippen molar-refractivity contribution in [2.75, 3.05) is 0 Å². The lowest BCUT2D eigenvalue weighted by Crippen LogP contribution is -2.07. The Labute approximate surface area is 661 Å². The predicted octanol–water partition coefficient (Wildman–Crippen LogP) is 23.2. The average molecular weight is 1500 g/mol. The number of benzene rings is 14. The third-order valence-electron chi connectivity index (χ3n) is 20.6. The number of nitriles is 1. The highest BCUT2D eigenvalue weighted by molar-refractivity contribution is 6.14. The Bertz CT molecular complexity index is 6640. The number of halogens is 3. The van der Waals surface area contributed by atoms with E-state index in [1.165, 1.54) is 6.07 Å². The van der Waals surface area contributed by atoms with Crippen LogP contribution in [0.25, 0.3) is 203 Å². The van der Waals surface area contributed by atoms with Crippen LogP contribution in [0.2, 0.25) is 0 Å². The summed E-state index contributed by atoms with van der Waals surface area (Å²) in [7, 11) is 0. The van der Waals surface area contributed by atoms with E-state index < -0.39 is 11.7 Å². The van der Waals surface area contributed by atoms with E-state index >= 15 is 13.2 Å². The van der Waals surface area contributed by atoms with Crippen LogP contribution in [0, 0.1) is 11.3 Å². The maximum absolute atomic E-state index is 15.2. The Morgan fingerprint density at radius 3 is 0.655 bits per heavy atom. The predicted molar refractivity (Wildman–Crippen MR) is 449 cm³/mol. The largest absolute Gasteiger partial charge is 0.416 e. The lowest BCUT2D eigenvalue weighted by molar-refractivity contribution is -0.137. The summed E-state index contributed by atoms with van der Waals surface area (Å²) in [5.41, 5.74) is 12.4. The van der Waals surface area contributed by atoms with Crippen molar-refractivity contribution in [2.24, 2.45) is 0 Å². The van der Waals surface area contributed by atoms with E-state index in [2.05, 4.69) is 39.5 Å². The van der Waals surface area contributed by atoms with Crippen molar-refractivity contribution in [1.29, 1.82) is 5.26 Å². The van der Waals surface area contributed by atoms with E-state index in [0.717, 1.165) is 78.2 Å². The van der Waals surface area contributed by atoms with Crippen LogP contribution in [0.4, 0.5) is 13.2 Å². The van der Waals surface area contributed by atoms with Crippen molar-refractivity contribution >= 4 is 43.6 Å². The van der Waals surface area contributed by atoms with Gasteiger partial charge in [0.05, 0.1) is 50.6 Å². The minimum absolute atomic E-state index is 0.104. The molecule has 15 nitrogen and oxygen atoms in total. The van der Waals surface area contributed by atoms with Crippen LogP contribution < -0.4 is 0 Å². The molecule has 18 heteroatoms. The molecule has 0 bridgehead atoms. The lowest BCUT2D eigenvalue weighted by atomic mass is 9.96. The molecule has 0 aliphatic rings. The zero-order valence-electron chi connectivity index (χ0n) is 61.3. The second-order valence-electron chi connectivity index (χ2n) is 27.8. The molecule has 20 rings (SSSR count). The summed E-state index contributed by atoms with van der Waals surface area (Å²) in [6.07, 6.45) is -4.72. The Kier molecular flexibility index (Phi) is 17.3. The topological polar surface area (TPSA) is 188 Å². The van der Waals surface area contributed by atoms with Gasteiger partial charge < -0.3 is 9.13 Å². The molecule has 0 spiro atoms. The lowest BCUT2D eigenvalue weighted by Gasteiger charge is -2.20. The molecule has 6 aromatic heterocycles. The van der Waals surface area contributed by atoms with Crippen LogP contribution in [-0.2, 0) is 6.18 Å². The normalized spacial score (nSPS) is 11.6. The van der Waals surface area contributed by atoms with Gasteiger partial charge in [-0.05, 0) is 103 Å². The maximum Gasteiger partial charge on any atom is 0.416 e. The first-order chi connectivity index (χ1) is 57.0. The number of alkyl halides is 3. The van der Waals surface area contributed by atoms with Crippen molar-refractivity contribution in [3.63, 3.8) is 0 Å². The molecular weight excluding hydrogens is 1440 g/mol. The molecule has 0 amide bonds. The molecule has 0 unspecified atom stereocenters. The minimum atomic E-state index is -4.72. The zero-order chi connectivity index (χ0) is 77.8. The van der Waals surface area contributed by atoms with Gasteiger partial charge in [0.15, 0.2) is 69.9 Å². The molecule has 0 aliphatic carbocycles. The first kappa shape index (κ1) is 69.2. The smallest absolute Gasteiger partial charge is 0.307 e. The molecular formula is C98H58F3N15. The number of nitrogens with zero attached hydrogens (tertiary/aromatic N) is 15. The summed E-state index contributed by atoms with van der Waals surface area (Å²) < 4.78 is 49.7. The van der Waals surface area contributed by atoms with Crippen molar-refractivity contribution < 1.29 is 13.2 Å². The highest BCUT2D eigenvalue weighted by Crippen LogP contribution is 2.46. The number of rotatable bonds is 15. The van der Waals surface area contributed by atoms with Gasteiger partial charge >= 0.3 is 6.18 Å². The van der Waals surface area contributed by atoms with Crippen LogP contribution in [-0.4, -0.2) is 68.9 Å². The number of aromatic nitrogens is 14. The van der Waals surface area contributed by atoms with E-state index in [1.807, 2.05) is 297 Å². The van der Waals surface area contributed by atoms with Gasteiger partial charge in [0.1, 0.15) is 0 Å². The van der Waals surface area contributed by atoms with E-state index in [9.17, 15) is 5.26 Å². The number of fused-ring (bicyclic) bond motifs is 6. The van der Waals surface area contributed by atoms with Gasteiger partial charge in [-0.15, -0.1) is 0 Å². The number of hydrogen-bond donors (Lipinski definition) is 0. The molecule has 0 saturated carbocycles. The van der Waals surface area contributed by atoms with Gasteiger partial charge in [0.2, 0.25) is 0 Å². The molecule has 20 aromatic rings. The highest BCUT2D eigenvalue weighted by atomic mass is 19.4.